The Morgan fingerprint density at radius 3 is 2.25 bits per heavy atom. The van der Waals surface area contributed by atoms with E-state index in [2.05, 4.69) is 28.1 Å². The lowest BCUT2D eigenvalue weighted by molar-refractivity contribution is 0.536. The Kier molecular flexibility index (Phi) is 5.80. The van der Waals surface area contributed by atoms with Gasteiger partial charge in [0.2, 0.25) is 0 Å². The Hall–Kier alpha value is -0.210. The van der Waals surface area contributed by atoms with Crippen molar-refractivity contribution in [1.29, 1.82) is 0 Å². The van der Waals surface area contributed by atoms with E-state index in [0.717, 1.165) is 16.5 Å². The molecular formula is C16H14BrCl3. The van der Waals surface area contributed by atoms with Gasteiger partial charge in [-0.25, -0.2) is 0 Å². The van der Waals surface area contributed by atoms with Gasteiger partial charge in [0.25, 0.3) is 0 Å². The third-order valence-electron chi connectivity index (χ3n) is 3.38. The highest BCUT2D eigenvalue weighted by atomic mass is 79.9. The number of halogens is 4. The Bertz CT molecular complexity index is 579. The van der Waals surface area contributed by atoms with Crippen molar-refractivity contribution in [3.63, 3.8) is 0 Å². The molecule has 0 atom stereocenters. The minimum Gasteiger partial charge on any atom is -0.126 e. The third-order valence-corrected chi connectivity index (χ3v) is 5.13. The summed E-state index contributed by atoms with van der Waals surface area (Å²) in [6.07, 6.45) is 0.778. The van der Waals surface area contributed by atoms with Crippen LogP contribution in [0.3, 0.4) is 0 Å². The lowest BCUT2D eigenvalue weighted by atomic mass is 9.79. The zero-order valence-corrected chi connectivity index (χ0v) is 14.6. The van der Waals surface area contributed by atoms with Gasteiger partial charge in [0.05, 0.1) is 0 Å². The molecule has 20 heavy (non-hydrogen) atoms. The van der Waals surface area contributed by atoms with Crippen LogP contribution in [-0.2, 0) is 11.8 Å². The minimum absolute atomic E-state index is 0.311. The molecule has 0 saturated carbocycles. The van der Waals surface area contributed by atoms with Crippen molar-refractivity contribution in [2.45, 2.75) is 11.8 Å². The van der Waals surface area contributed by atoms with Gasteiger partial charge in [-0.05, 0) is 41.8 Å². The highest BCUT2D eigenvalue weighted by Crippen LogP contribution is 2.33. The maximum absolute atomic E-state index is 6.26. The first kappa shape index (κ1) is 16.2. The molecular weight excluding hydrogens is 378 g/mol. The van der Waals surface area contributed by atoms with E-state index in [0.29, 0.717) is 16.8 Å². The van der Waals surface area contributed by atoms with Crippen molar-refractivity contribution in [1.82, 2.24) is 0 Å². The largest absolute Gasteiger partial charge is 0.126 e. The van der Waals surface area contributed by atoms with E-state index in [4.69, 9.17) is 34.8 Å². The highest BCUT2D eigenvalue weighted by Gasteiger charge is 2.31. The van der Waals surface area contributed by atoms with Crippen molar-refractivity contribution in [2.24, 2.45) is 0 Å². The Morgan fingerprint density at radius 2 is 1.65 bits per heavy atom. The van der Waals surface area contributed by atoms with Gasteiger partial charge in [-0.2, -0.15) is 0 Å². The summed E-state index contributed by atoms with van der Waals surface area (Å²) in [6.45, 7) is 0. The molecule has 106 valence electrons. The maximum Gasteiger partial charge on any atom is 0.0408 e. The molecule has 0 bridgehead atoms. The maximum atomic E-state index is 6.26. The van der Waals surface area contributed by atoms with Gasteiger partial charge < -0.3 is 0 Å². The predicted octanol–water partition coefficient (Wildman–Crippen LogP) is 6.06. The summed E-state index contributed by atoms with van der Waals surface area (Å²) in [4.78, 5) is 0. The summed E-state index contributed by atoms with van der Waals surface area (Å²) < 4.78 is 1.05. The molecule has 0 unspecified atom stereocenters. The average Bonchev–Trinajstić information content (AvgIpc) is 2.45. The molecule has 4 heteroatoms. The smallest absolute Gasteiger partial charge is 0.0408 e. The third kappa shape index (κ3) is 3.71. The van der Waals surface area contributed by atoms with E-state index in [1.165, 1.54) is 5.56 Å². The first-order chi connectivity index (χ1) is 9.59. The number of benzene rings is 2. The Morgan fingerprint density at radius 1 is 0.950 bits per heavy atom. The van der Waals surface area contributed by atoms with Crippen LogP contribution in [0.5, 0.6) is 0 Å². The summed E-state index contributed by atoms with van der Waals surface area (Å²) in [5.74, 6) is 0.896. The standard InChI is InChI=1S/C16H14BrCl3/c17-14-5-1-3-12(7-14)9-16(10-18,11-19)13-4-2-6-15(20)8-13/h1-8H,9-11H2. The first-order valence-corrected chi connectivity index (χ1v) is 8.46. The molecule has 0 aromatic heterocycles. The SMILES string of the molecule is ClCC(CCl)(Cc1cccc(Br)c1)c1cccc(Cl)c1. The quantitative estimate of drug-likeness (QED) is 0.543. The topological polar surface area (TPSA) is 0 Å². The molecule has 0 heterocycles. The molecule has 0 saturated heterocycles. The average molecular weight is 393 g/mol. The summed E-state index contributed by atoms with van der Waals surface area (Å²) in [6, 6.07) is 16.0. The van der Waals surface area contributed by atoms with Crippen LogP contribution in [0.4, 0.5) is 0 Å². The lowest BCUT2D eigenvalue weighted by Crippen LogP contribution is -2.33. The van der Waals surface area contributed by atoms with E-state index < -0.39 is 0 Å². The van der Waals surface area contributed by atoms with Crippen molar-refractivity contribution in [2.75, 3.05) is 11.8 Å². The van der Waals surface area contributed by atoms with E-state index >= 15 is 0 Å². The molecule has 0 N–H and O–H groups in total. The molecule has 2 aromatic rings. The lowest BCUT2D eigenvalue weighted by Gasteiger charge is -2.30. The fourth-order valence-corrected chi connectivity index (χ4v) is 3.66. The molecule has 0 amide bonds. The van der Waals surface area contributed by atoms with Crippen molar-refractivity contribution in [3.05, 3.63) is 69.2 Å². The number of hydrogen-bond acceptors (Lipinski definition) is 0. The van der Waals surface area contributed by atoms with Crippen LogP contribution in [0.25, 0.3) is 0 Å². The number of alkyl halides is 2. The predicted molar refractivity (Wildman–Crippen MR) is 92.4 cm³/mol. The second-order valence-electron chi connectivity index (χ2n) is 4.86. The van der Waals surface area contributed by atoms with E-state index in [-0.39, 0.29) is 5.41 Å². The zero-order chi connectivity index (χ0) is 14.6. The monoisotopic (exact) mass is 390 g/mol. The summed E-state index contributed by atoms with van der Waals surface area (Å²) in [5, 5.41) is 0.705. The second-order valence-corrected chi connectivity index (χ2v) is 6.75. The molecule has 0 fully saturated rings. The van der Waals surface area contributed by atoms with Crippen LogP contribution in [0, 0.1) is 0 Å². The van der Waals surface area contributed by atoms with Gasteiger partial charge in [0.15, 0.2) is 0 Å². The fourth-order valence-electron chi connectivity index (χ4n) is 2.24. The summed E-state index contributed by atoms with van der Waals surface area (Å²) in [7, 11) is 0. The second kappa shape index (κ2) is 7.17. The molecule has 0 aliphatic carbocycles. The Balaban J connectivity index is 2.39. The van der Waals surface area contributed by atoms with Crippen LogP contribution < -0.4 is 0 Å². The van der Waals surface area contributed by atoms with Crippen LogP contribution in [0.1, 0.15) is 11.1 Å². The van der Waals surface area contributed by atoms with E-state index in [1.54, 1.807) is 0 Å². The fraction of sp³-hybridized carbons (Fsp3) is 0.250. The van der Waals surface area contributed by atoms with Gasteiger partial charge in [-0.15, -0.1) is 23.2 Å². The van der Waals surface area contributed by atoms with Crippen LogP contribution in [0.15, 0.2) is 53.0 Å². The summed E-state index contributed by atoms with van der Waals surface area (Å²) >= 11 is 22.1. The van der Waals surface area contributed by atoms with Crippen LogP contribution in [-0.4, -0.2) is 11.8 Å². The summed E-state index contributed by atoms with van der Waals surface area (Å²) in [5.41, 5.74) is 1.96. The molecule has 0 nitrogen and oxygen atoms in total. The molecule has 0 aliphatic rings. The molecule has 0 spiro atoms. The van der Waals surface area contributed by atoms with Gasteiger partial charge in [-0.3, -0.25) is 0 Å². The first-order valence-electron chi connectivity index (χ1n) is 6.22. The van der Waals surface area contributed by atoms with Crippen LogP contribution in [0.2, 0.25) is 5.02 Å². The van der Waals surface area contributed by atoms with Gasteiger partial charge in [0, 0.05) is 26.7 Å². The van der Waals surface area contributed by atoms with Crippen LogP contribution >= 0.6 is 50.7 Å². The van der Waals surface area contributed by atoms with E-state index in [9.17, 15) is 0 Å². The minimum atomic E-state index is -0.311. The van der Waals surface area contributed by atoms with Crippen molar-refractivity contribution in [3.8, 4) is 0 Å². The molecule has 2 rings (SSSR count). The normalized spacial score (nSPS) is 11.6. The van der Waals surface area contributed by atoms with Crippen molar-refractivity contribution >= 4 is 50.7 Å². The molecule has 0 radical (unpaired) electrons. The van der Waals surface area contributed by atoms with Gasteiger partial charge >= 0.3 is 0 Å². The molecule has 2 aromatic carbocycles. The molecule has 0 aliphatic heterocycles. The highest BCUT2D eigenvalue weighted by molar-refractivity contribution is 9.10. The van der Waals surface area contributed by atoms with E-state index in [1.807, 2.05) is 36.4 Å². The van der Waals surface area contributed by atoms with Gasteiger partial charge in [-0.1, -0.05) is 51.8 Å². The van der Waals surface area contributed by atoms with Crippen molar-refractivity contribution < 1.29 is 0 Å². The Labute approximate surface area is 143 Å². The number of rotatable bonds is 5. The van der Waals surface area contributed by atoms with Gasteiger partial charge in [0.1, 0.15) is 0 Å². The zero-order valence-electron chi connectivity index (χ0n) is 10.8. The number of hydrogen-bond donors (Lipinski definition) is 0.